The Kier molecular flexibility index (Phi) is 5.89. The summed E-state index contributed by atoms with van der Waals surface area (Å²) in [5, 5.41) is 12.9. The van der Waals surface area contributed by atoms with Crippen LogP contribution in [0.15, 0.2) is 84.0 Å². The van der Waals surface area contributed by atoms with Crippen LogP contribution in [0.4, 0.5) is 5.69 Å². The zero-order valence-corrected chi connectivity index (χ0v) is 18.4. The normalized spacial score (nSPS) is 14.3. The first-order chi connectivity index (χ1) is 15.8. The van der Waals surface area contributed by atoms with E-state index in [1.807, 2.05) is 73.7 Å². The summed E-state index contributed by atoms with van der Waals surface area (Å²) in [5.41, 5.74) is 4.64. The van der Waals surface area contributed by atoms with Gasteiger partial charge in [0.05, 0.1) is 6.61 Å². The summed E-state index contributed by atoms with van der Waals surface area (Å²) in [4.78, 5) is 4.71. The molecular weight excluding hydrogens is 420 g/mol. The predicted molar refractivity (Wildman–Crippen MR) is 126 cm³/mol. The van der Waals surface area contributed by atoms with Crippen molar-refractivity contribution in [3.8, 4) is 22.9 Å². The Morgan fingerprint density at radius 2 is 1.72 bits per heavy atom. The smallest absolute Gasteiger partial charge is 0.247 e. The molecule has 0 unspecified atom stereocenters. The number of benzene rings is 3. The van der Waals surface area contributed by atoms with Crippen LogP contribution in [0.1, 0.15) is 24.3 Å². The minimum absolute atomic E-state index is 0.420. The Hall–Kier alpha value is -3.58. The fourth-order valence-electron chi connectivity index (χ4n) is 3.49. The van der Waals surface area contributed by atoms with Crippen molar-refractivity contribution >= 4 is 17.4 Å². The summed E-state index contributed by atoms with van der Waals surface area (Å²) in [5.74, 6) is 2.06. The van der Waals surface area contributed by atoms with Crippen LogP contribution in [-0.4, -0.2) is 21.8 Å². The van der Waals surface area contributed by atoms with Crippen LogP contribution in [-0.2, 0) is 5.75 Å². The van der Waals surface area contributed by atoms with Crippen molar-refractivity contribution in [2.75, 3.05) is 11.9 Å². The van der Waals surface area contributed by atoms with Crippen LogP contribution in [0.25, 0.3) is 11.3 Å². The number of anilines is 1. The van der Waals surface area contributed by atoms with E-state index in [2.05, 4.69) is 27.6 Å². The van der Waals surface area contributed by atoms with Gasteiger partial charge in [0.2, 0.25) is 11.0 Å². The first kappa shape index (κ1) is 20.3. The van der Waals surface area contributed by atoms with Gasteiger partial charge in [-0.25, -0.2) is 0 Å². The highest BCUT2D eigenvalue weighted by atomic mass is 32.2. The van der Waals surface area contributed by atoms with E-state index in [4.69, 9.17) is 14.5 Å². The quantitative estimate of drug-likeness (QED) is 0.382. The van der Waals surface area contributed by atoms with E-state index < -0.39 is 6.23 Å². The lowest BCUT2D eigenvalue weighted by Crippen LogP contribution is -2.17. The molecule has 4 aromatic rings. The van der Waals surface area contributed by atoms with Gasteiger partial charge in [-0.05, 0) is 42.8 Å². The van der Waals surface area contributed by atoms with Gasteiger partial charge in [-0.15, -0.1) is 10.2 Å². The van der Waals surface area contributed by atoms with Crippen LogP contribution >= 0.6 is 11.8 Å². The van der Waals surface area contributed by atoms with Crippen molar-refractivity contribution in [1.29, 1.82) is 0 Å². The van der Waals surface area contributed by atoms with Crippen molar-refractivity contribution in [3.05, 3.63) is 90.0 Å². The van der Waals surface area contributed by atoms with Gasteiger partial charge in [-0.1, -0.05) is 60.3 Å². The molecule has 7 heteroatoms. The molecule has 1 aromatic heterocycles. The summed E-state index contributed by atoms with van der Waals surface area (Å²) in [6, 6.07) is 26.1. The van der Waals surface area contributed by atoms with Gasteiger partial charge in [0.25, 0.3) is 0 Å². The molecule has 160 valence electrons. The summed E-state index contributed by atoms with van der Waals surface area (Å²) < 4.78 is 11.9. The lowest BCUT2D eigenvalue weighted by Gasteiger charge is -2.19. The van der Waals surface area contributed by atoms with E-state index in [-0.39, 0.29) is 0 Å². The number of fused-ring (bicyclic) bond motifs is 3. The second-order valence-corrected chi connectivity index (χ2v) is 8.15. The topological polar surface area (TPSA) is 69.2 Å². The van der Waals surface area contributed by atoms with Gasteiger partial charge in [-0.3, -0.25) is 0 Å². The van der Waals surface area contributed by atoms with Crippen LogP contribution in [0.3, 0.4) is 0 Å². The maximum Gasteiger partial charge on any atom is 0.247 e. The number of aromatic nitrogens is 3. The van der Waals surface area contributed by atoms with E-state index in [9.17, 15) is 0 Å². The lowest BCUT2D eigenvalue weighted by atomic mass is 10.1. The number of rotatable bonds is 6. The number of hydrogen-bond acceptors (Lipinski definition) is 7. The van der Waals surface area contributed by atoms with Gasteiger partial charge >= 0.3 is 0 Å². The molecule has 32 heavy (non-hydrogen) atoms. The predicted octanol–water partition coefficient (Wildman–Crippen LogP) is 5.73. The molecule has 1 aliphatic rings. The standard InChI is InChI=1S/C25H22N4O2S/c1-2-30-19-14-12-18(13-15-19)23-26-21-11-7-6-10-20(21)22-24(31-23)27-25(29-28-22)32-16-17-8-4-3-5-9-17/h3-15,23,26H,2,16H2,1H3/t23-/m0/s1. The first-order valence-electron chi connectivity index (χ1n) is 10.5. The number of ether oxygens (including phenoxy) is 2. The molecule has 2 heterocycles. The largest absolute Gasteiger partial charge is 0.494 e. The highest BCUT2D eigenvalue weighted by molar-refractivity contribution is 7.98. The van der Waals surface area contributed by atoms with E-state index in [0.29, 0.717) is 23.3 Å². The van der Waals surface area contributed by atoms with Gasteiger partial charge in [0, 0.05) is 22.6 Å². The fourth-order valence-corrected chi connectivity index (χ4v) is 4.22. The molecule has 0 spiro atoms. The molecule has 1 atom stereocenters. The summed E-state index contributed by atoms with van der Waals surface area (Å²) in [6.07, 6.45) is -0.420. The van der Waals surface area contributed by atoms with Gasteiger partial charge in [-0.2, -0.15) is 4.98 Å². The molecular formula is C25H22N4O2S. The monoisotopic (exact) mass is 442 g/mol. The maximum absolute atomic E-state index is 6.34. The third-order valence-electron chi connectivity index (χ3n) is 5.04. The SMILES string of the molecule is CCOc1ccc([C@H]2Nc3ccccc3-c3nnc(SCc4ccccc4)nc3O2)cc1. The molecule has 0 bridgehead atoms. The number of nitrogens with zero attached hydrogens (tertiary/aromatic N) is 3. The molecule has 5 rings (SSSR count). The van der Waals surface area contributed by atoms with Crippen LogP contribution in [0.2, 0.25) is 0 Å². The van der Waals surface area contributed by atoms with E-state index in [1.165, 1.54) is 17.3 Å². The molecule has 0 saturated heterocycles. The minimum atomic E-state index is -0.420. The average molecular weight is 443 g/mol. The fraction of sp³-hybridized carbons (Fsp3) is 0.160. The highest BCUT2D eigenvalue weighted by Gasteiger charge is 2.26. The zero-order valence-electron chi connectivity index (χ0n) is 17.6. The molecule has 1 aliphatic heterocycles. The molecule has 0 saturated carbocycles. The zero-order chi connectivity index (χ0) is 21.8. The molecule has 0 fully saturated rings. The Morgan fingerprint density at radius 1 is 0.938 bits per heavy atom. The van der Waals surface area contributed by atoms with Crippen LogP contribution in [0.5, 0.6) is 11.6 Å². The van der Waals surface area contributed by atoms with Gasteiger partial charge < -0.3 is 14.8 Å². The number of nitrogens with one attached hydrogen (secondary N) is 1. The molecule has 6 nitrogen and oxygen atoms in total. The third kappa shape index (κ3) is 4.38. The Bertz CT molecular complexity index is 1200. The van der Waals surface area contributed by atoms with Crippen molar-refractivity contribution in [2.24, 2.45) is 0 Å². The van der Waals surface area contributed by atoms with Crippen molar-refractivity contribution < 1.29 is 9.47 Å². The number of para-hydroxylation sites is 1. The Labute approximate surface area is 191 Å². The molecule has 0 radical (unpaired) electrons. The first-order valence-corrected chi connectivity index (χ1v) is 11.5. The highest BCUT2D eigenvalue weighted by Crippen LogP contribution is 2.39. The maximum atomic E-state index is 6.34. The molecule has 1 N–H and O–H groups in total. The third-order valence-corrected chi connectivity index (χ3v) is 5.95. The summed E-state index contributed by atoms with van der Waals surface area (Å²) in [7, 11) is 0. The second-order valence-electron chi connectivity index (χ2n) is 7.21. The lowest BCUT2D eigenvalue weighted by molar-refractivity contribution is 0.225. The van der Waals surface area contributed by atoms with Crippen molar-refractivity contribution in [3.63, 3.8) is 0 Å². The minimum Gasteiger partial charge on any atom is -0.494 e. The van der Waals surface area contributed by atoms with Gasteiger partial charge in [0.1, 0.15) is 5.75 Å². The molecule has 0 aliphatic carbocycles. The number of thioether (sulfide) groups is 1. The van der Waals surface area contributed by atoms with Crippen LogP contribution in [0, 0.1) is 0 Å². The van der Waals surface area contributed by atoms with Crippen molar-refractivity contribution in [2.45, 2.75) is 24.1 Å². The summed E-state index contributed by atoms with van der Waals surface area (Å²) >= 11 is 1.54. The molecule has 0 amide bonds. The van der Waals surface area contributed by atoms with Gasteiger partial charge in [0.15, 0.2) is 11.9 Å². The van der Waals surface area contributed by atoms with E-state index in [1.54, 1.807) is 0 Å². The second kappa shape index (κ2) is 9.28. The number of hydrogen-bond donors (Lipinski definition) is 1. The van der Waals surface area contributed by atoms with Crippen LogP contribution < -0.4 is 14.8 Å². The molecule has 3 aromatic carbocycles. The average Bonchev–Trinajstić information content (AvgIpc) is 3.00. The Balaban J connectivity index is 1.46. The van der Waals surface area contributed by atoms with Crippen molar-refractivity contribution in [1.82, 2.24) is 15.2 Å². The van der Waals surface area contributed by atoms with E-state index >= 15 is 0 Å². The Morgan fingerprint density at radius 3 is 2.53 bits per heavy atom. The van der Waals surface area contributed by atoms with E-state index in [0.717, 1.165) is 28.3 Å². The summed E-state index contributed by atoms with van der Waals surface area (Å²) in [6.45, 7) is 2.60.